The number of aliphatic carboxylic acids is 1. The maximum absolute atomic E-state index is 12.1. The Morgan fingerprint density at radius 1 is 1.38 bits per heavy atom. The SMILES string of the molecule is O=C(Cc1cn2ccccc2n1)NC1CCCC1C(=O)O. The summed E-state index contributed by atoms with van der Waals surface area (Å²) in [6.07, 6.45) is 6.07. The Balaban J connectivity index is 1.65. The summed E-state index contributed by atoms with van der Waals surface area (Å²) < 4.78 is 1.86. The van der Waals surface area contributed by atoms with Crippen LogP contribution in [-0.2, 0) is 16.0 Å². The number of imidazole rings is 1. The number of pyridine rings is 1. The lowest BCUT2D eigenvalue weighted by atomic mass is 10.0. The number of hydrogen-bond donors (Lipinski definition) is 2. The summed E-state index contributed by atoms with van der Waals surface area (Å²) in [4.78, 5) is 27.5. The Hall–Kier alpha value is -2.37. The third-order valence-corrected chi connectivity index (χ3v) is 3.94. The molecule has 2 unspecified atom stereocenters. The standard InChI is InChI=1S/C15H17N3O3/c19-14(17-12-5-3-4-11(12)15(20)21)8-10-9-18-7-2-1-6-13(18)16-10/h1-2,6-7,9,11-12H,3-5,8H2,(H,17,19)(H,20,21). The predicted octanol–water partition coefficient (Wildman–Crippen LogP) is 1.25. The van der Waals surface area contributed by atoms with Gasteiger partial charge in [-0.3, -0.25) is 9.59 Å². The van der Waals surface area contributed by atoms with Gasteiger partial charge in [-0.2, -0.15) is 0 Å². The molecule has 0 radical (unpaired) electrons. The molecule has 1 aliphatic rings. The molecule has 110 valence electrons. The fraction of sp³-hybridized carbons (Fsp3) is 0.400. The number of carbonyl (C=O) groups is 2. The van der Waals surface area contributed by atoms with E-state index >= 15 is 0 Å². The lowest BCUT2D eigenvalue weighted by Gasteiger charge is -2.17. The normalized spacial score (nSPS) is 21.5. The minimum Gasteiger partial charge on any atom is -0.481 e. The van der Waals surface area contributed by atoms with E-state index in [1.807, 2.05) is 35.0 Å². The first kappa shape index (κ1) is 13.6. The number of aromatic nitrogens is 2. The van der Waals surface area contributed by atoms with Crippen molar-refractivity contribution in [1.29, 1.82) is 0 Å². The fourth-order valence-corrected chi connectivity index (χ4v) is 2.92. The van der Waals surface area contributed by atoms with Gasteiger partial charge in [-0.1, -0.05) is 12.5 Å². The van der Waals surface area contributed by atoms with Crippen molar-refractivity contribution in [3.8, 4) is 0 Å². The van der Waals surface area contributed by atoms with Crippen molar-refractivity contribution in [3.63, 3.8) is 0 Å². The van der Waals surface area contributed by atoms with Gasteiger partial charge < -0.3 is 14.8 Å². The van der Waals surface area contributed by atoms with Crippen molar-refractivity contribution in [2.75, 3.05) is 0 Å². The van der Waals surface area contributed by atoms with E-state index in [-0.39, 0.29) is 18.4 Å². The maximum Gasteiger partial charge on any atom is 0.308 e. The van der Waals surface area contributed by atoms with Gasteiger partial charge >= 0.3 is 5.97 Å². The van der Waals surface area contributed by atoms with Gasteiger partial charge in [-0.05, 0) is 25.0 Å². The molecule has 6 nitrogen and oxygen atoms in total. The number of hydrogen-bond acceptors (Lipinski definition) is 3. The van der Waals surface area contributed by atoms with Crippen molar-refractivity contribution >= 4 is 17.5 Å². The number of carboxylic acids is 1. The van der Waals surface area contributed by atoms with E-state index in [2.05, 4.69) is 10.3 Å². The lowest BCUT2D eigenvalue weighted by Crippen LogP contribution is -2.40. The fourth-order valence-electron chi connectivity index (χ4n) is 2.92. The molecule has 2 N–H and O–H groups in total. The van der Waals surface area contributed by atoms with Crippen LogP contribution in [0.1, 0.15) is 25.0 Å². The molecule has 0 aliphatic heterocycles. The first-order chi connectivity index (χ1) is 10.1. The molecular formula is C15H17N3O3. The van der Waals surface area contributed by atoms with E-state index in [9.17, 15) is 9.59 Å². The predicted molar refractivity (Wildman–Crippen MR) is 75.8 cm³/mol. The van der Waals surface area contributed by atoms with Crippen molar-refractivity contribution < 1.29 is 14.7 Å². The van der Waals surface area contributed by atoms with Crippen LogP contribution in [0.25, 0.3) is 5.65 Å². The van der Waals surface area contributed by atoms with Crippen LogP contribution in [-0.4, -0.2) is 32.4 Å². The zero-order valence-corrected chi connectivity index (χ0v) is 11.5. The topological polar surface area (TPSA) is 83.7 Å². The van der Waals surface area contributed by atoms with Gasteiger partial charge in [0.1, 0.15) is 5.65 Å². The second-order valence-corrected chi connectivity index (χ2v) is 5.42. The second kappa shape index (κ2) is 5.55. The summed E-state index contributed by atoms with van der Waals surface area (Å²) in [7, 11) is 0. The zero-order chi connectivity index (χ0) is 14.8. The van der Waals surface area contributed by atoms with Crippen LogP contribution < -0.4 is 5.32 Å². The van der Waals surface area contributed by atoms with E-state index in [0.29, 0.717) is 12.1 Å². The Morgan fingerprint density at radius 2 is 2.24 bits per heavy atom. The van der Waals surface area contributed by atoms with Crippen LogP contribution in [0.4, 0.5) is 0 Å². The molecule has 2 heterocycles. The van der Waals surface area contributed by atoms with Crippen molar-refractivity contribution in [2.24, 2.45) is 5.92 Å². The number of amides is 1. The van der Waals surface area contributed by atoms with E-state index in [1.165, 1.54) is 0 Å². The highest BCUT2D eigenvalue weighted by atomic mass is 16.4. The third kappa shape index (κ3) is 2.89. The van der Waals surface area contributed by atoms with Gasteiger partial charge in [0.05, 0.1) is 18.0 Å². The summed E-state index contributed by atoms with van der Waals surface area (Å²) in [6.45, 7) is 0. The minimum atomic E-state index is -0.828. The molecule has 2 aromatic heterocycles. The van der Waals surface area contributed by atoms with Crippen molar-refractivity contribution in [3.05, 3.63) is 36.3 Å². The largest absolute Gasteiger partial charge is 0.481 e. The van der Waals surface area contributed by atoms with Crippen LogP contribution in [0.2, 0.25) is 0 Å². The number of nitrogens with zero attached hydrogens (tertiary/aromatic N) is 2. The van der Waals surface area contributed by atoms with Crippen LogP contribution in [0.15, 0.2) is 30.6 Å². The molecule has 1 saturated carbocycles. The first-order valence-corrected chi connectivity index (χ1v) is 7.08. The summed E-state index contributed by atoms with van der Waals surface area (Å²) in [5, 5.41) is 11.9. The molecule has 1 fully saturated rings. The van der Waals surface area contributed by atoms with Crippen LogP contribution in [0.3, 0.4) is 0 Å². The van der Waals surface area contributed by atoms with E-state index in [1.54, 1.807) is 0 Å². The average Bonchev–Trinajstić information content (AvgIpc) is 3.03. The number of carbonyl (C=O) groups excluding carboxylic acids is 1. The van der Waals surface area contributed by atoms with Crippen LogP contribution >= 0.6 is 0 Å². The first-order valence-electron chi connectivity index (χ1n) is 7.08. The lowest BCUT2D eigenvalue weighted by molar-refractivity contribution is -0.142. The van der Waals surface area contributed by atoms with E-state index in [0.717, 1.165) is 18.5 Å². The zero-order valence-electron chi connectivity index (χ0n) is 11.5. The van der Waals surface area contributed by atoms with Crippen LogP contribution in [0, 0.1) is 5.92 Å². The van der Waals surface area contributed by atoms with Gasteiger partial charge in [-0.15, -0.1) is 0 Å². The Kier molecular flexibility index (Phi) is 3.60. The van der Waals surface area contributed by atoms with E-state index < -0.39 is 11.9 Å². The smallest absolute Gasteiger partial charge is 0.308 e. The summed E-state index contributed by atoms with van der Waals surface area (Å²) >= 11 is 0. The average molecular weight is 287 g/mol. The Morgan fingerprint density at radius 3 is 3.00 bits per heavy atom. The van der Waals surface area contributed by atoms with Crippen molar-refractivity contribution in [2.45, 2.75) is 31.7 Å². The number of rotatable bonds is 4. The molecule has 21 heavy (non-hydrogen) atoms. The number of carboxylic acid groups (broad SMARTS) is 1. The van der Waals surface area contributed by atoms with Crippen molar-refractivity contribution in [1.82, 2.24) is 14.7 Å². The molecule has 0 aromatic carbocycles. The van der Waals surface area contributed by atoms with Gasteiger partial charge in [-0.25, -0.2) is 4.98 Å². The van der Waals surface area contributed by atoms with Gasteiger partial charge in [0, 0.05) is 18.4 Å². The van der Waals surface area contributed by atoms with Gasteiger partial charge in [0.2, 0.25) is 5.91 Å². The highest BCUT2D eigenvalue weighted by molar-refractivity contribution is 5.80. The second-order valence-electron chi connectivity index (χ2n) is 5.42. The molecule has 3 rings (SSSR count). The molecule has 0 saturated heterocycles. The Bertz CT molecular complexity index is 647. The molecule has 6 heteroatoms. The maximum atomic E-state index is 12.1. The molecule has 1 amide bonds. The third-order valence-electron chi connectivity index (χ3n) is 3.94. The number of fused-ring (bicyclic) bond motifs is 1. The summed E-state index contributed by atoms with van der Waals surface area (Å²) in [6, 6.07) is 5.40. The molecule has 1 aliphatic carbocycles. The molecular weight excluding hydrogens is 270 g/mol. The Labute approximate surface area is 121 Å². The highest BCUT2D eigenvalue weighted by Gasteiger charge is 2.33. The minimum absolute atomic E-state index is 0.170. The summed E-state index contributed by atoms with van der Waals surface area (Å²) in [5.41, 5.74) is 1.48. The highest BCUT2D eigenvalue weighted by Crippen LogP contribution is 2.25. The molecule has 2 aromatic rings. The molecule has 0 spiro atoms. The van der Waals surface area contributed by atoms with E-state index in [4.69, 9.17) is 5.11 Å². The quantitative estimate of drug-likeness (QED) is 0.886. The molecule has 2 atom stereocenters. The van der Waals surface area contributed by atoms with Gasteiger partial charge in [0.15, 0.2) is 0 Å². The summed E-state index contributed by atoms with van der Waals surface area (Å²) in [5.74, 6) is -1.46. The van der Waals surface area contributed by atoms with Crippen LogP contribution in [0.5, 0.6) is 0 Å². The monoisotopic (exact) mass is 287 g/mol. The van der Waals surface area contributed by atoms with Gasteiger partial charge in [0.25, 0.3) is 0 Å². The molecule has 0 bridgehead atoms. The number of nitrogens with one attached hydrogen (secondary N) is 1.